The molecule has 3 aromatic rings. The second-order valence-electron chi connectivity index (χ2n) is 6.13. The van der Waals surface area contributed by atoms with Gasteiger partial charge in [0.05, 0.1) is 7.11 Å². The molecule has 0 fully saturated rings. The van der Waals surface area contributed by atoms with Crippen LogP contribution in [0.15, 0.2) is 109 Å². The lowest BCUT2D eigenvalue weighted by molar-refractivity contribution is -0.134. The third kappa shape index (κ3) is 6.91. The van der Waals surface area contributed by atoms with Gasteiger partial charge in [0, 0.05) is 11.6 Å². The topological polar surface area (TPSA) is 71.1 Å². The molecule has 0 atom stereocenters. The average Bonchev–Trinajstić information content (AvgIpc) is 2.80. The lowest BCUT2D eigenvalue weighted by Gasteiger charge is -2.21. The molecule has 6 nitrogen and oxygen atoms in total. The van der Waals surface area contributed by atoms with Crippen LogP contribution in [0, 0.1) is 0 Å². The maximum absolute atomic E-state index is 13.7. The summed E-state index contributed by atoms with van der Waals surface area (Å²) in [5.41, 5.74) is 0.616. The Balaban J connectivity index is 1.96. The minimum absolute atomic E-state index is 0.191. The molecule has 0 aliphatic carbocycles. The van der Waals surface area contributed by atoms with Crippen molar-refractivity contribution in [1.82, 2.24) is 0 Å². The predicted octanol–water partition coefficient (Wildman–Crippen LogP) is 6.04. The Morgan fingerprint density at radius 1 is 0.774 bits per heavy atom. The first-order chi connectivity index (χ1) is 15.1. The van der Waals surface area contributed by atoms with E-state index in [0.29, 0.717) is 17.1 Å². The van der Waals surface area contributed by atoms with Crippen LogP contribution in [0.3, 0.4) is 0 Å². The van der Waals surface area contributed by atoms with Crippen molar-refractivity contribution in [1.29, 1.82) is 0 Å². The maximum Gasteiger partial charge on any atom is 0.647 e. The van der Waals surface area contributed by atoms with Crippen LogP contribution in [0.2, 0.25) is 0 Å². The Kier molecular flexibility index (Phi) is 7.68. The Morgan fingerprint density at radius 2 is 1.26 bits per heavy atom. The molecular formula is C24H21O6P. The number of ether oxygens (including phenoxy) is 1. The van der Waals surface area contributed by atoms with Crippen molar-refractivity contribution in [3.8, 4) is 11.5 Å². The summed E-state index contributed by atoms with van der Waals surface area (Å²) in [5, 5.41) is 0. The highest BCUT2D eigenvalue weighted by Crippen LogP contribution is 2.52. The average molecular weight is 436 g/mol. The van der Waals surface area contributed by atoms with Crippen molar-refractivity contribution in [2.45, 2.75) is 0 Å². The molecule has 3 aromatic carbocycles. The molecule has 0 unspecified atom stereocenters. The number of benzene rings is 3. The lowest BCUT2D eigenvalue weighted by atomic mass is 10.2. The fraction of sp³-hybridized carbons (Fsp3) is 0.0417. The number of esters is 1. The fourth-order valence-corrected chi connectivity index (χ4v) is 3.74. The number of rotatable bonds is 9. The van der Waals surface area contributed by atoms with E-state index in [1.165, 1.54) is 25.3 Å². The van der Waals surface area contributed by atoms with Gasteiger partial charge in [0.25, 0.3) is 0 Å². The standard InChI is InChI=1S/C24H21O6P/c1-27-24(25)19-11-18-23(20-12-5-2-6-13-20)30-31(26,28-21-14-7-3-8-15-21)29-22-16-9-4-10-17-22/h2-19H,1H3/b19-11+,23-18-. The second kappa shape index (κ2) is 10.9. The van der Waals surface area contributed by atoms with E-state index in [2.05, 4.69) is 4.74 Å². The van der Waals surface area contributed by atoms with Crippen molar-refractivity contribution >= 4 is 19.6 Å². The highest BCUT2D eigenvalue weighted by molar-refractivity contribution is 7.49. The van der Waals surface area contributed by atoms with Crippen molar-refractivity contribution in [2.75, 3.05) is 7.11 Å². The SMILES string of the molecule is COC(=O)/C=C/C=C(\OP(=O)(Oc1ccccc1)Oc1ccccc1)c1ccccc1. The van der Waals surface area contributed by atoms with Crippen LogP contribution in [0.5, 0.6) is 11.5 Å². The smallest absolute Gasteiger partial charge is 0.466 e. The summed E-state index contributed by atoms with van der Waals surface area (Å²) in [7, 11) is -2.90. The number of allylic oxidation sites excluding steroid dienone is 2. The molecule has 0 aliphatic heterocycles. The number of para-hydroxylation sites is 2. The molecule has 0 aliphatic rings. The minimum atomic E-state index is -4.17. The van der Waals surface area contributed by atoms with Gasteiger partial charge in [-0.15, -0.1) is 0 Å². The molecule has 0 bridgehead atoms. The van der Waals surface area contributed by atoms with E-state index in [4.69, 9.17) is 13.6 Å². The van der Waals surface area contributed by atoms with Gasteiger partial charge in [0.1, 0.15) is 17.3 Å². The summed E-state index contributed by atoms with van der Waals surface area (Å²) in [6, 6.07) is 26.2. The zero-order valence-electron chi connectivity index (χ0n) is 16.8. The number of phosphoric acid groups is 1. The summed E-state index contributed by atoms with van der Waals surface area (Å²) >= 11 is 0. The van der Waals surface area contributed by atoms with Gasteiger partial charge < -0.3 is 18.3 Å². The van der Waals surface area contributed by atoms with Crippen LogP contribution < -0.4 is 9.05 Å². The number of hydrogen-bond donors (Lipinski definition) is 0. The fourth-order valence-electron chi connectivity index (χ4n) is 2.46. The van der Waals surface area contributed by atoms with Crippen molar-refractivity contribution in [2.24, 2.45) is 0 Å². The van der Waals surface area contributed by atoms with E-state index in [1.54, 1.807) is 72.8 Å². The zero-order chi connectivity index (χ0) is 21.9. The van der Waals surface area contributed by atoms with Crippen LogP contribution in [-0.2, 0) is 18.6 Å². The van der Waals surface area contributed by atoms with Gasteiger partial charge in [-0.1, -0.05) is 72.8 Å². The number of hydrogen-bond acceptors (Lipinski definition) is 6. The summed E-state index contributed by atoms with van der Waals surface area (Å²) in [6.45, 7) is 0. The molecular weight excluding hydrogens is 415 g/mol. The summed E-state index contributed by atoms with van der Waals surface area (Å²) in [5.74, 6) is 0.294. The van der Waals surface area contributed by atoms with Gasteiger partial charge in [-0.05, 0) is 30.3 Å². The van der Waals surface area contributed by atoms with Crippen molar-refractivity contribution < 1.29 is 27.7 Å². The van der Waals surface area contributed by atoms with Gasteiger partial charge in [-0.25, -0.2) is 4.79 Å². The molecule has 0 radical (unpaired) electrons. The first kappa shape index (κ1) is 21.9. The monoisotopic (exact) mass is 436 g/mol. The number of methoxy groups -OCH3 is 1. The molecule has 0 saturated heterocycles. The number of carbonyl (C=O) groups excluding carboxylic acids is 1. The molecule has 0 amide bonds. The third-order valence-electron chi connectivity index (χ3n) is 3.87. The maximum atomic E-state index is 13.7. The van der Waals surface area contributed by atoms with E-state index < -0.39 is 13.8 Å². The van der Waals surface area contributed by atoms with E-state index in [1.807, 2.05) is 18.2 Å². The van der Waals surface area contributed by atoms with E-state index in [9.17, 15) is 9.36 Å². The Labute approximate surface area is 181 Å². The molecule has 0 N–H and O–H groups in total. The highest BCUT2D eigenvalue weighted by Gasteiger charge is 2.34. The van der Waals surface area contributed by atoms with E-state index >= 15 is 0 Å². The zero-order valence-corrected chi connectivity index (χ0v) is 17.7. The van der Waals surface area contributed by atoms with Crippen LogP contribution in [-0.4, -0.2) is 13.1 Å². The lowest BCUT2D eigenvalue weighted by Crippen LogP contribution is -2.05. The van der Waals surface area contributed by atoms with Crippen LogP contribution >= 0.6 is 7.82 Å². The molecule has 0 saturated carbocycles. The third-order valence-corrected chi connectivity index (χ3v) is 5.16. The van der Waals surface area contributed by atoms with Crippen LogP contribution in [0.1, 0.15) is 5.56 Å². The summed E-state index contributed by atoms with van der Waals surface area (Å²) in [6.07, 6.45) is 4.14. The molecule has 0 heterocycles. The van der Waals surface area contributed by atoms with Crippen molar-refractivity contribution in [3.63, 3.8) is 0 Å². The quantitative estimate of drug-likeness (QED) is 0.134. The number of carbonyl (C=O) groups is 1. The molecule has 31 heavy (non-hydrogen) atoms. The Morgan fingerprint density at radius 3 is 1.74 bits per heavy atom. The summed E-state index contributed by atoms with van der Waals surface area (Å²) < 4.78 is 35.4. The molecule has 3 rings (SSSR count). The molecule has 7 heteroatoms. The first-order valence-corrected chi connectivity index (χ1v) is 10.8. The van der Waals surface area contributed by atoms with Crippen LogP contribution in [0.25, 0.3) is 5.76 Å². The molecule has 0 spiro atoms. The molecule has 0 aromatic heterocycles. The largest absolute Gasteiger partial charge is 0.647 e. The normalized spacial score (nSPS) is 11.7. The Bertz CT molecular complexity index is 1030. The Hall–Kier alpha value is -3.76. The van der Waals surface area contributed by atoms with Gasteiger partial charge in [0.2, 0.25) is 0 Å². The number of phosphoric ester groups is 1. The van der Waals surface area contributed by atoms with Crippen molar-refractivity contribution in [3.05, 3.63) is 115 Å². The minimum Gasteiger partial charge on any atom is -0.466 e. The van der Waals surface area contributed by atoms with Gasteiger partial charge in [-0.3, -0.25) is 0 Å². The van der Waals surface area contributed by atoms with Gasteiger partial charge >= 0.3 is 13.8 Å². The highest BCUT2D eigenvalue weighted by atomic mass is 31.2. The first-order valence-electron chi connectivity index (χ1n) is 9.39. The van der Waals surface area contributed by atoms with Gasteiger partial charge in [0.15, 0.2) is 0 Å². The van der Waals surface area contributed by atoms with Crippen LogP contribution in [0.4, 0.5) is 0 Å². The predicted molar refractivity (Wildman–Crippen MR) is 118 cm³/mol. The van der Waals surface area contributed by atoms with Gasteiger partial charge in [-0.2, -0.15) is 4.57 Å². The molecule has 158 valence electrons. The van der Waals surface area contributed by atoms with E-state index in [-0.39, 0.29) is 5.76 Å². The summed E-state index contributed by atoms with van der Waals surface area (Å²) in [4.78, 5) is 11.4. The van der Waals surface area contributed by atoms with E-state index in [0.717, 1.165) is 0 Å². The second-order valence-corrected chi connectivity index (χ2v) is 7.57.